The van der Waals surface area contributed by atoms with E-state index in [1.54, 1.807) is 38.1 Å². The molecule has 0 heterocycles. The number of carbonyl (C=O) groups excluding carboxylic acids is 2. The Morgan fingerprint density at radius 2 is 1.57 bits per heavy atom. The van der Waals surface area contributed by atoms with E-state index in [1.165, 1.54) is 0 Å². The minimum absolute atomic E-state index is 0. The molecule has 7 heteroatoms. The molecule has 0 aliphatic carbocycles. The summed E-state index contributed by atoms with van der Waals surface area (Å²) in [6.07, 6.45) is 0. The van der Waals surface area contributed by atoms with Gasteiger partial charge in [-0.3, -0.25) is 0 Å². The Labute approximate surface area is 151 Å². The third kappa shape index (κ3) is 5.39. The second kappa shape index (κ2) is 9.89. The van der Waals surface area contributed by atoms with Crippen LogP contribution < -0.4 is 5.73 Å². The van der Waals surface area contributed by atoms with E-state index < -0.39 is 11.9 Å². The topological polar surface area (TPSA) is 78.6 Å². The average Bonchev–Trinajstić information content (AvgIpc) is 2.40. The van der Waals surface area contributed by atoms with Gasteiger partial charge in [0.1, 0.15) is 0 Å². The fourth-order valence-electron chi connectivity index (χ4n) is 1.55. The quantitative estimate of drug-likeness (QED) is 0.212. The van der Waals surface area contributed by atoms with Gasteiger partial charge in [0.25, 0.3) is 0 Å². The summed E-state index contributed by atoms with van der Waals surface area (Å²) >= 11 is 4.25. The molecule has 5 nitrogen and oxygen atoms in total. The molecule has 0 aromatic heterocycles. The van der Waals surface area contributed by atoms with Gasteiger partial charge in [-0.25, -0.2) is 9.59 Å². The van der Waals surface area contributed by atoms with Crippen molar-refractivity contribution in [3.05, 3.63) is 35.4 Å². The van der Waals surface area contributed by atoms with Crippen molar-refractivity contribution in [1.82, 2.24) is 0 Å². The molecule has 1 aromatic carbocycles. The maximum absolute atomic E-state index is 11.9. The zero-order valence-electron chi connectivity index (χ0n) is 11.4. The first-order chi connectivity index (χ1) is 9.52. The minimum atomic E-state index is -0.806. The van der Waals surface area contributed by atoms with Crippen LogP contribution in [0, 0.1) is 0 Å². The van der Waals surface area contributed by atoms with E-state index in [-0.39, 0.29) is 54.0 Å². The molecule has 0 unspecified atom stereocenters. The third-order valence-corrected chi connectivity index (χ3v) is 2.81. The monoisotopic (exact) mass is 319 g/mol. The molecule has 1 rings (SSSR count). The molecule has 1 aromatic rings. The van der Waals surface area contributed by atoms with Crippen LogP contribution in [0.2, 0.25) is 0 Å². The van der Waals surface area contributed by atoms with Crippen LogP contribution in [0.3, 0.4) is 0 Å². The number of hydrogen-bond donors (Lipinski definition) is 2. The standard InChI is InChI=1S/C14H17NO4S.Na.H/c1-3-18-13(16)11(14(17)19-4-2)12(15)9-7-5-6-8-10(9)20;;/h5-8,20H,3-4,15H2,1-2H3;;. The first kappa shape index (κ1) is 20.1. The molecule has 0 radical (unpaired) electrons. The van der Waals surface area contributed by atoms with Gasteiger partial charge < -0.3 is 15.2 Å². The molecule has 0 bridgehead atoms. The van der Waals surface area contributed by atoms with Crippen LogP contribution in [-0.4, -0.2) is 54.7 Å². The van der Waals surface area contributed by atoms with E-state index >= 15 is 0 Å². The summed E-state index contributed by atoms with van der Waals surface area (Å²) in [5, 5.41) is 0. The second-order valence-electron chi connectivity index (χ2n) is 3.75. The Hall–Kier alpha value is -0.950. The maximum atomic E-state index is 11.9. The summed E-state index contributed by atoms with van der Waals surface area (Å²) in [7, 11) is 0. The number of esters is 2. The first-order valence-electron chi connectivity index (χ1n) is 6.15. The molecule has 0 aliphatic heterocycles. The molecular formula is C14H18NNaO4S. The van der Waals surface area contributed by atoms with Gasteiger partial charge in [0.15, 0.2) is 5.57 Å². The van der Waals surface area contributed by atoms with Crippen LogP contribution in [0.5, 0.6) is 0 Å². The number of hydrogen-bond acceptors (Lipinski definition) is 6. The van der Waals surface area contributed by atoms with Crippen LogP contribution in [0.4, 0.5) is 0 Å². The van der Waals surface area contributed by atoms with Crippen LogP contribution in [0.1, 0.15) is 19.4 Å². The van der Waals surface area contributed by atoms with Crippen LogP contribution in [0.25, 0.3) is 5.70 Å². The van der Waals surface area contributed by atoms with Crippen molar-refractivity contribution in [3.8, 4) is 0 Å². The number of nitrogens with two attached hydrogens (primary N) is 1. The molecule has 0 saturated heterocycles. The van der Waals surface area contributed by atoms with Crippen molar-refractivity contribution in [2.24, 2.45) is 5.73 Å². The Morgan fingerprint density at radius 1 is 1.10 bits per heavy atom. The van der Waals surface area contributed by atoms with Gasteiger partial charge in [-0.2, -0.15) is 0 Å². The summed E-state index contributed by atoms with van der Waals surface area (Å²) in [6.45, 7) is 3.56. The van der Waals surface area contributed by atoms with Gasteiger partial charge in [-0.1, -0.05) is 18.2 Å². The Balaban J connectivity index is 0.00000400. The van der Waals surface area contributed by atoms with Gasteiger partial charge in [0, 0.05) is 10.5 Å². The van der Waals surface area contributed by atoms with Gasteiger partial charge in [0.2, 0.25) is 0 Å². The van der Waals surface area contributed by atoms with Gasteiger partial charge in [-0.05, 0) is 19.9 Å². The number of ether oxygens (including phenoxy) is 2. The molecule has 0 spiro atoms. The summed E-state index contributed by atoms with van der Waals surface area (Å²) < 4.78 is 9.70. The SMILES string of the molecule is CCOC(=O)C(C(=O)OCC)=C(N)c1ccccc1S.[NaH]. The van der Waals surface area contributed by atoms with E-state index in [9.17, 15) is 9.59 Å². The average molecular weight is 319 g/mol. The van der Waals surface area contributed by atoms with Crippen LogP contribution >= 0.6 is 12.6 Å². The molecule has 21 heavy (non-hydrogen) atoms. The van der Waals surface area contributed by atoms with Crippen LogP contribution in [0.15, 0.2) is 34.7 Å². The Morgan fingerprint density at radius 3 is 2.00 bits per heavy atom. The summed E-state index contributed by atoms with van der Waals surface area (Å²) in [6, 6.07) is 6.87. The number of carbonyl (C=O) groups is 2. The van der Waals surface area contributed by atoms with Crippen LogP contribution in [-0.2, 0) is 19.1 Å². The summed E-state index contributed by atoms with van der Waals surface area (Å²) in [4.78, 5) is 24.4. The second-order valence-corrected chi connectivity index (χ2v) is 4.23. The Bertz CT molecular complexity index is 526. The zero-order chi connectivity index (χ0) is 15.1. The number of benzene rings is 1. The molecule has 0 aliphatic rings. The third-order valence-electron chi connectivity index (χ3n) is 2.42. The Kier molecular flexibility index (Phi) is 9.44. The molecule has 0 amide bonds. The molecule has 0 atom stereocenters. The van der Waals surface area contributed by atoms with Crippen molar-refractivity contribution in [1.29, 1.82) is 0 Å². The van der Waals surface area contributed by atoms with Crippen molar-refractivity contribution >= 4 is 59.8 Å². The zero-order valence-corrected chi connectivity index (χ0v) is 12.3. The van der Waals surface area contributed by atoms with Gasteiger partial charge in [0.05, 0.1) is 18.9 Å². The van der Waals surface area contributed by atoms with Crippen molar-refractivity contribution in [2.75, 3.05) is 13.2 Å². The number of thiol groups is 1. The summed E-state index contributed by atoms with van der Waals surface area (Å²) in [5.41, 5.74) is 6.09. The van der Waals surface area contributed by atoms with E-state index in [0.717, 1.165) is 0 Å². The van der Waals surface area contributed by atoms with E-state index in [2.05, 4.69) is 12.6 Å². The van der Waals surface area contributed by atoms with Crippen molar-refractivity contribution < 1.29 is 19.1 Å². The normalized spacial score (nSPS) is 9.29. The van der Waals surface area contributed by atoms with E-state index in [0.29, 0.717) is 10.5 Å². The molecular weight excluding hydrogens is 301 g/mol. The van der Waals surface area contributed by atoms with Gasteiger partial charge >= 0.3 is 41.5 Å². The molecule has 110 valence electrons. The summed E-state index contributed by atoms with van der Waals surface area (Å²) in [5.74, 6) is -1.61. The first-order valence-corrected chi connectivity index (χ1v) is 6.59. The predicted octanol–water partition coefficient (Wildman–Crippen LogP) is 1.12. The van der Waals surface area contributed by atoms with E-state index in [1.807, 2.05) is 0 Å². The fraction of sp³-hybridized carbons (Fsp3) is 0.286. The molecule has 0 fully saturated rings. The molecule has 0 saturated carbocycles. The van der Waals surface area contributed by atoms with E-state index in [4.69, 9.17) is 15.2 Å². The van der Waals surface area contributed by atoms with Gasteiger partial charge in [-0.15, -0.1) is 12.6 Å². The predicted molar refractivity (Wildman–Crippen MR) is 85.2 cm³/mol. The van der Waals surface area contributed by atoms with Crippen molar-refractivity contribution in [2.45, 2.75) is 18.7 Å². The molecule has 2 N–H and O–H groups in total. The number of rotatable bonds is 5. The fourth-order valence-corrected chi connectivity index (χ4v) is 1.83. The van der Waals surface area contributed by atoms with Crippen molar-refractivity contribution in [3.63, 3.8) is 0 Å².